The Bertz CT molecular complexity index is 1060. The highest BCUT2D eigenvalue weighted by molar-refractivity contribution is 9.10. The topological polar surface area (TPSA) is 48.0 Å². The molecule has 0 aromatic heterocycles. The molecule has 0 bridgehead atoms. The van der Waals surface area contributed by atoms with Gasteiger partial charge in [-0.25, -0.2) is 0 Å². The van der Waals surface area contributed by atoms with Gasteiger partial charge in [-0.05, 0) is 41.1 Å². The minimum Gasteiger partial charge on any atom is -0.492 e. The zero-order valence-electron chi connectivity index (χ0n) is 15.1. The molecular formula is C22H18BrNO4. The summed E-state index contributed by atoms with van der Waals surface area (Å²) in [4.78, 5) is 14.8. The van der Waals surface area contributed by atoms with E-state index in [0.717, 1.165) is 26.9 Å². The molecule has 142 valence electrons. The molecule has 3 aromatic carbocycles. The molecule has 0 atom stereocenters. The van der Waals surface area contributed by atoms with Crippen LogP contribution in [0.5, 0.6) is 5.75 Å². The van der Waals surface area contributed by atoms with Crippen molar-refractivity contribution in [3.05, 3.63) is 70.7 Å². The van der Waals surface area contributed by atoms with Crippen molar-refractivity contribution >= 4 is 38.3 Å². The number of nitrogens with zero attached hydrogens (tertiary/aromatic N) is 1. The Morgan fingerprint density at radius 3 is 2.61 bits per heavy atom. The molecule has 0 N–H and O–H groups in total. The van der Waals surface area contributed by atoms with Crippen LogP contribution in [0.25, 0.3) is 10.8 Å². The van der Waals surface area contributed by atoms with E-state index in [4.69, 9.17) is 14.2 Å². The summed E-state index contributed by atoms with van der Waals surface area (Å²) >= 11 is 3.47. The molecule has 1 amide bonds. The Labute approximate surface area is 170 Å². The highest BCUT2D eigenvalue weighted by Gasteiger charge is 2.56. The lowest BCUT2D eigenvalue weighted by molar-refractivity contribution is -0.180. The van der Waals surface area contributed by atoms with Gasteiger partial charge in [0, 0.05) is 10.0 Å². The molecule has 2 heterocycles. The van der Waals surface area contributed by atoms with Crippen molar-refractivity contribution in [3.8, 4) is 5.75 Å². The maximum Gasteiger partial charge on any atom is 0.292 e. The average molecular weight is 440 g/mol. The van der Waals surface area contributed by atoms with Crippen LogP contribution in [0, 0.1) is 0 Å². The third-order valence-corrected chi connectivity index (χ3v) is 5.62. The van der Waals surface area contributed by atoms with Crippen molar-refractivity contribution < 1.29 is 19.0 Å². The van der Waals surface area contributed by atoms with Gasteiger partial charge in [-0.15, -0.1) is 0 Å². The van der Waals surface area contributed by atoms with E-state index in [2.05, 4.69) is 28.1 Å². The number of benzene rings is 3. The van der Waals surface area contributed by atoms with Crippen LogP contribution >= 0.6 is 15.9 Å². The lowest BCUT2D eigenvalue weighted by Crippen LogP contribution is -2.42. The van der Waals surface area contributed by atoms with Crippen LogP contribution < -0.4 is 9.64 Å². The molecular weight excluding hydrogens is 422 g/mol. The lowest BCUT2D eigenvalue weighted by atomic mass is 10.1. The molecule has 5 rings (SSSR count). The third kappa shape index (κ3) is 2.80. The first kappa shape index (κ1) is 17.7. The smallest absolute Gasteiger partial charge is 0.292 e. The fourth-order valence-corrected chi connectivity index (χ4v) is 4.20. The van der Waals surface area contributed by atoms with E-state index in [1.54, 1.807) is 4.90 Å². The van der Waals surface area contributed by atoms with Crippen LogP contribution in [0.2, 0.25) is 0 Å². The Balaban J connectivity index is 1.36. The van der Waals surface area contributed by atoms with E-state index in [9.17, 15) is 4.79 Å². The Hall–Kier alpha value is -2.41. The molecule has 0 unspecified atom stereocenters. The van der Waals surface area contributed by atoms with Gasteiger partial charge in [0.2, 0.25) is 0 Å². The van der Waals surface area contributed by atoms with Crippen molar-refractivity contribution in [3.63, 3.8) is 0 Å². The molecule has 0 aliphatic carbocycles. The number of fused-ring (bicyclic) bond motifs is 3. The van der Waals surface area contributed by atoms with Crippen molar-refractivity contribution in [1.29, 1.82) is 0 Å². The number of carbonyl (C=O) groups excluding carboxylic acids is 1. The molecule has 1 fully saturated rings. The quantitative estimate of drug-likeness (QED) is 0.610. The lowest BCUT2D eigenvalue weighted by Gasteiger charge is -2.22. The minimum atomic E-state index is -1.32. The van der Waals surface area contributed by atoms with Crippen LogP contribution in [-0.2, 0) is 20.1 Å². The molecule has 28 heavy (non-hydrogen) atoms. The summed E-state index contributed by atoms with van der Waals surface area (Å²) in [5.74, 6) is -0.730. The monoisotopic (exact) mass is 439 g/mol. The molecule has 2 aliphatic rings. The Kier molecular flexibility index (Phi) is 4.34. The van der Waals surface area contributed by atoms with Gasteiger partial charge in [0.15, 0.2) is 0 Å². The predicted octanol–water partition coefficient (Wildman–Crippen LogP) is 4.23. The Morgan fingerprint density at radius 2 is 1.79 bits per heavy atom. The predicted molar refractivity (Wildman–Crippen MR) is 110 cm³/mol. The van der Waals surface area contributed by atoms with Gasteiger partial charge in [-0.3, -0.25) is 4.79 Å². The zero-order valence-corrected chi connectivity index (χ0v) is 16.6. The number of carbonyl (C=O) groups is 1. The van der Waals surface area contributed by atoms with Crippen LogP contribution in [0.4, 0.5) is 5.69 Å². The van der Waals surface area contributed by atoms with Crippen molar-refractivity contribution in [2.75, 3.05) is 31.3 Å². The van der Waals surface area contributed by atoms with Gasteiger partial charge in [0.25, 0.3) is 11.7 Å². The van der Waals surface area contributed by atoms with E-state index in [1.807, 2.05) is 48.5 Å². The summed E-state index contributed by atoms with van der Waals surface area (Å²) < 4.78 is 18.3. The number of halogens is 1. The second-order valence-electron chi connectivity index (χ2n) is 6.79. The summed E-state index contributed by atoms with van der Waals surface area (Å²) in [6.45, 7) is 1.59. The van der Waals surface area contributed by atoms with Crippen LogP contribution in [-0.4, -0.2) is 32.3 Å². The molecule has 2 aliphatic heterocycles. The minimum absolute atomic E-state index is 0.194. The summed E-state index contributed by atoms with van der Waals surface area (Å²) in [6, 6.07) is 19.9. The van der Waals surface area contributed by atoms with Gasteiger partial charge in [-0.2, -0.15) is 0 Å². The number of anilines is 1. The van der Waals surface area contributed by atoms with Crippen molar-refractivity contribution in [2.24, 2.45) is 0 Å². The molecule has 0 radical (unpaired) electrons. The molecule has 1 spiro atoms. The maximum atomic E-state index is 13.1. The van der Waals surface area contributed by atoms with Crippen LogP contribution in [0.1, 0.15) is 5.56 Å². The largest absolute Gasteiger partial charge is 0.492 e. The first-order valence-corrected chi connectivity index (χ1v) is 9.98. The summed E-state index contributed by atoms with van der Waals surface area (Å²) in [6.07, 6.45) is 0. The average Bonchev–Trinajstić information content (AvgIpc) is 3.29. The highest BCUT2D eigenvalue weighted by atomic mass is 79.9. The van der Waals surface area contributed by atoms with E-state index in [0.29, 0.717) is 26.4 Å². The number of amides is 1. The third-order valence-electron chi connectivity index (χ3n) is 5.13. The van der Waals surface area contributed by atoms with E-state index in [1.165, 1.54) is 5.39 Å². The SMILES string of the molecule is O=C1N(CCOc2ccc3ccccc3c2)c2ccc(Br)cc2C12OCCO2. The normalized spacial score (nSPS) is 17.5. The van der Waals surface area contributed by atoms with Crippen LogP contribution in [0.3, 0.4) is 0 Å². The first-order chi connectivity index (χ1) is 13.7. The summed E-state index contributed by atoms with van der Waals surface area (Å²) in [5.41, 5.74) is 1.55. The maximum absolute atomic E-state index is 13.1. The second kappa shape index (κ2) is 6.88. The molecule has 5 nitrogen and oxygen atoms in total. The van der Waals surface area contributed by atoms with E-state index < -0.39 is 5.79 Å². The number of hydrogen-bond donors (Lipinski definition) is 0. The zero-order chi connectivity index (χ0) is 19.1. The number of rotatable bonds is 4. The van der Waals surface area contributed by atoms with Crippen molar-refractivity contribution in [1.82, 2.24) is 0 Å². The summed E-state index contributed by atoms with van der Waals surface area (Å²) in [5, 5.41) is 2.29. The van der Waals surface area contributed by atoms with Crippen molar-refractivity contribution in [2.45, 2.75) is 5.79 Å². The van der Waals surface area contributed by atoms with Gasteiger partial charge >= 0.3 is 0 Å². The first-order valence-electron chi connectivity index (χ1n) is 9.19. The molecule has 1 saturated heterocycles. The Morgan fingerprint density at radius 1 is 1.00 bits per heavy atom. The fraction of sp³-hybridized carbons (Fsp3) is 0.227. The highest BCUT2D eigenvalue weighted by Crippen LogP contribution is 2.46. The van der Waals surface area contributed by atoms with Gasteiger partial charge < -0.3 is 19.1 Å². The molecule has 0 saturated carbocycles. The van der Waals surface area contributed by atoms with Crippen LogP contribution in [0.15, 0.2) is 65.1 Å². The molecule has 6 heteroatoms. The standard InChI is InChI=1S/C22H18BrNO4/c23-17-6-8-20-19(14-17)22(27-11-12-28-22)21(25)24(20)9-10-26-18-7-5-15-3-1-2-4-16(15)13-18/h1-8,13-14H,9-12H2. The fourth-order valence-electron chi connectivity index (χ4n) is 3.83. The molecule has 3 aromatic rings. The van der Waals surface area contributed by atoms with Gasteiger partial charge in [0.1, 0.15) is 12.4 Å². The van der Waals surface area contributed by atoms with Gasteiger partial charge in [-0.1, -0.05) is 46.3 Å². The summed E-state index contributed by atoms with van der Waals surface area (Å²) in [7, 11) is 0. The second-order valence-corrected chi connectivity index (χ2v) is 7.70. The number of hydrogen-bond acceptors (Lipinski definition) is 4. The number of ether oxygens (including phenoxy) is 3. The van der Waals surface area contributed by atoms with E-state index in [-0.39, 0.29) is 5.91 Å². The van der Waals surface area contributed by atoms with Gasteiger partial charge in [0.05, 0.1) is 25.4 Å². The van der Waals surface area contributed by atoms with E-state index >= 15 is 0 Å².